The number of hydrogen-bond acceptors (Lipinski definition) is 2. The molecule has 0 heterocycles. The van der Waals surface area contributed by atoms with Crippen LogP contribution >= 0.6 is 0 Å². The third-order valence-corrected chi connectivity index (χ3v) is 2.38. The highest BCUT2D eigenvalue weighted by Crippen LogP contribution is 1.84. The summed E-state index contributed by atoms with van der Waals surface area (Å²) in [6, 6.07) is 0. The fourth-order valence-electron chi connectivity index (χ4n) is 1.34. The second kappa shape index (κ2) is 9.77. The molecule has 0 aliphatic carbocycles. The number of nitrogens with zero attached hydrogens (tertiary/aromatic N) is 2. The smallest absolute Gasteiger partial charge is 0.191 e. The van der Waals surface area contributed by atoms with E-state index in [0.29, 0.717) is 0 Å². The molecule has 0 saturated heterocycles. The van der Waals surface area contributed by atoms with Crippen LogP contribution < -0.4 is 10.6 Å². The summed E-state index contributed by atoms with van der Waals surface area (Å²) in [6.45, 7) is 11.7. The zero-order chi connectivity index (χ0) is 11.5. The molecule has 0 aromatic carbocycles. The van der Waals surface area contributed by atoms with E-state index in [0.717, 1.165) is 45.1 Å². The molecule has 0 aromatic heterocycles. The molecule has 0 aliphatic heterocycles. The Morgan fingerprint density at radius 3 is 2.13 bits per heavy atom. The van der Waals surface area contributed by atoms with Crippen LogP contribution in [0.5, 0.6) is 0 Å². The van der Waals surface area contributed by atoms with Crippen molar-refractivity contribution in [2.75, 3.05) is 39.8 Å². The molecule has 2 N–H and O–H groups in total. The van der Waals surface area contributed by atoms with Gasteiger partial charge in [0.1, 0.15) is 0 Å². The van der Waals surface area contributed by atoms with Crippen molar-refractivity contribution < 1.29 is 0 Å². The molecule has 4 heteroatoms. The summed E-state index contributed by atoms with van der Waals surface area (Å²) in [4.78, 5) is 6.54. The average Bonchev–Trinajstić information content (AvgIpc) is 2.28. The van der Waals surface area contributed by atoms with E-state index in [1.165, 1.54) is 0 Å². The Hall–Kier alpha value is -0.770. The largest absolute Gasteiger partial charge is 0.356 e. The van der Waals surface area contributed by atoms with Gasteiger partial charge < -0.3 is 15.5 Å². The summed E-state index contributed by atoms with van der Waals surface area (Å²) in [5.74, 6) is 0.906. The molecule has 0 amide bonds. The summed E-state index contributed by atoms with van der Waals surface area (Å²) < 4.78 is 0. The van der Waals surface area contributed by atoms with Crippen LogP contribution in [0.2, 0.25) is 0 Å². The monoisotopic (exact) mass is 214 g/mol. The van der Waals surface area contributed by atoms with Crippen LogP contribution in [-0.4, -0.2) is 50.6 Å². The molecular weight excluding hydrogens is 188 g/mol. The van der Waals surface area contributed by atoms with E-state index in [-0.39, 0.29) is 0 Å². The standard InChI is InChI=1S/C11H26N4/c1-5-8-13-11(12-4)14-9-10-15(6-2)7-3/h5-10H2,1-4H3,(H2,12,13,14). The van der Waals surface area contributed by atoms with Crippen LogP contribution in [0, 0.1) is 0 Å². The Labute approximate surface area is 94.1 Å². The number of hydrogen-bond donors (Lipinski definition) is 2. The second-order valence-corrected chi connectivity index (χ2v) is 3.45. The minimum atomic E-state index is 0.906. The van der Waals surface area contributed by atoms with Crippen molar-refractivity contribution in [2.24, 2.45) is 4.99 Å². The summed E-state index contributed by atoms with van der Waals surface area (Å²) in [7, 11) is 1.81. The maximum Gasteiger partial charge on any atom is 0.191 e. The summed E-state index contributed by atoms with van der Waals surface area (Å²) in [5.41, 5.74) is 0. The Morgan fingerprint density at radius 1 is 1.07 bits per heavy atom. The highest BCUT2D eigenvalue weighted by molar-refractivity contribution is 5.79. The lowest BCUT2D eigenvalue weighted by Crippen LogP contribution is -2.41. The average molecular weight is 214 g/mol. The third-order valence-electron chi connectivity index (χ3n) is 2.38. The molecule has 0 radical (unpaired) electrons. The van der Waals surface area contributed by atoms with E-state index in [1.807, 2.05) is 7.05 Å². The van der Waals surface area contributed by atoms with Gasteiger partial charge >= 0.3 is 0 Å². The van der Waals surface area contributed by atoms with Crippen LogP contribution in [0.1, 0.15) is 27.2 Å². The van der Waals surface area contributed by atoms with Crippen molar-refractivity contribution >= 4 is 5.96 Å². The van der Waals surface area contributed by atoms with Gasteiger partial charge in [-0.3, -0.25) is 4.99 Å². The van der Waals surface area contributed by atoms with Gasteiger partial charge in [0, 0.05) is 26.7 Å². The SMILES string of the molecule is CCCNC(=NC)NCCN(CC)CC. The lowest BCUT2D eigenvalue weighted by molar-refractivity contribution is 0.308. The van der Waals surface area contributed by atoms with E-state index < -0.39 is 0 Å². The first kappa shape index (κ1) is 14.2. The van der Waals surface area contributed by atoms with Gasteiger partial charge in [0.15, 0.2) is 5.96 Å². The van der Waals surface area contributed by atoms with Crippen molar-refractivity contribution in [3.63, 3.8) is 0 Å². The van der Waals surface area contributed by atoms with E-state index in [2.05, 4.69) is 41.3 Å². The van der Waals surface area contributed by atoms with Gasteiger partial charge in [-0.25, -0.2) is 0 Å². The number of likely N-dealkylation sites (N-methyl/N-ethyl adjacent to an activating group) is 1. The molecule has 0 spiro atoms. The van der Waals surface area contributed by atoms with Gasteiger partial charge in [-0.1, -0.05) is 20.8 Å². The summed E-state index contributed by atoms with van der Waals surface area (Å²) in [5, 5.41) is 6.55. The molecule has 0 fully saturated rings. The molecular formula is C11H26N4. The molecule has 0 rings (SSSR count). The highest BCUT2D eigenvalue weighted by Gasteiger charge is 1.99. The van der Waals surface area contributed by atoms with Gasteiger partial charge in [0.25, 0.3) is 0 Å². The lowest BCUT2D eigenvalue weighted by Gasteiger charge is -2.19. The van der Waals surface area contributed by atoms with Crippen molar-refractivity contribution in [3.8, 4) is 0 Å². The number of guanidine groups is 1. The van der Waals surface area contributed by atoms with E-state index >= 15 is 0 Å². The van der Waals surface area contributed by atoms with Crippen LogP contribution in [0.15, 0.2) is 4.99 Å². The molecule has 15 heavy (non-hydrogen) atoms. The summed E-state index contributed by atoms with van der Waals surface area (Å²) >= 11 is 0. The van der Waals surface area contributed by atoms with E-state index in [4.69, 9.17) is 0 Å². The van der Waals surface area contributed by atoms with Crippen LogP contribution in [0.4, 0.5) is 0 Å². The molecule has 0 unspecified atom stereocenters. The molecule has 0 atom stereocenters. The normalized spacial score (nSPS) is 11.9. The molecule has 4 nitrogen and oxygen atoms in total. The Kier molecular flexibility index (Phi) is 9.27. The van der Waals surface area contributed by atoms with Crippen LogP contribution in [-0.2, 0) is 0 Å². The quantitative estimate of drug-likeness (QED) is 0.489. The first-order valence-corrected chi connectivity index (χ1v) is 5.95. The zero-order valence-corrected chi connectivity index (χ0v) is 10.6. The number of nitrogens with one attached hydrogen (secondary N) is 2. The molecule has 0 aromatic rings. The van der Waals surface area contributed by atoms with Crippen LogP contribution in [0.25, 0.3) is 0 Å². The predicted octanol–water partition coefficient (Wildman–Crippen LogP) is 0.903. The first-order chi connectivity index (χ1) is 7.28. The Morgan fingerprint density at radius 2 is 1.67 bits per heavy atom. The fraction of sp³-hybridized carbons (Fsp3) is 0.909. The minimum Gasteiger partial charge on any atom is -0.356 e. The predicted molar refractivity (Wildman–Crippen MR) is 67.4 cm³/mol. The third kappa shape index (κ3) is 7.19. The molecule has 0 aliphatic rings. The van der Waals surface area contributed by atoms with Crippen molar-refractivity contribution in [2.45, 2.75) is 27.2 Å². The highest BCUT2D eigenvalue weighted by atomic mass is 15.2. The van der Waals surface area contributed by atoms with E-state index in [1.54, 1.807) is 0 Å². The van der Waals surface area contributed by atoms with Crippen molar-refractivity contribution in [1.82, 2.24) is 15.5 Å². The zero-order valence-electron chi connectivity index (χ0n) is 10.6. The van der Waals surface area contributed by atoms with E-state index in [9.17, 15) is 0 Å². The number of rotatable bonds is 7. The molecule has 90 valence electrons. The topological polar surface area (TPSA) is 39.7 Å². The Bertz CT molecular complexity index is 164. The van der Waals surface area contributed by atoms with Crippen molar-refractivity contribution in [1.29, 1.82) is 0 Å². The van der Waals surface area contributed by atoms with Gasteiger partial charge in [-0.05, 0) is 19.5 Å². The fourth-order valence-corrected chi connectivity index (χ4v) is 1.34. The van der Waals surface area contributed by atoms with Crippen molar-refractivity contribution in [3.05, 3.63) is 0 Å². The summed E-state index contributed by atoms with van der Waals surface area (Å²) in [6.07, 6.45) is 1.12. The number of aliphatic imine (C=N–C) groups is 1. The first-order valence-electron chi connectivity index (χ1n) is 5.95. The maximum atomic E-state index is 4.15. The molecule has 0 bridgehead atoms. The van der Waals surface area contributed by atoms with Gasteiger partial charge in [0.2, 0.25) is 0 Å². The van der Waals surface area contributed by atoms with Crippen LogP contribution in [0.3, 0.4) is 0 Å². The molecule has 0 saturated carbocycles. The maximum absolute atomic E-state index is 4.15. The van der Waals surface area contributed by atoms with Gasteiger partial charge in [-0.2, -0.15) is 0 Å². The lowest BCUT2D eigenvalue weighted by atomic mass is 10.4. The Balaban J connectivity index is 3.62. The van der Waals surface area contributed by atoms with Gasteiger partial charge in [0.05, 0.1) is 0 Å². The van der Waals surface area contributed by atoms with Gasteiger partial charge in [-0.15, -0.1) is 0 Å². The second-order valence-electron chi connectivity index (χ2n) is 3.45. The minimum absolute atomic E-state index is 0.906.